The molecule has 0 unspecified atom stereocenters. The first-order valence-corrected chi connectivity index (χ1v) is 15.6. The predicted octanol–water partition coefficient (Wildman–Crippen LogP) is 3.46. The monoisotopic (exact) mass is 686 g/mol. The minimum absolute atomic E-state index is 0.0358. The molecule has 0 aliphatic rings. The van der Waals surface area contributed by atoms with Crippen LogP contribution >= 0.6 is 0 Å². The van der Waals surface area contributed by atoms with Gasteiger partial charge in [0.1, 0.15) is 24.7 Å². The molecule has 0 saturated heterocycles. The molecule has 0 aliphatic carbocycles. The quantitative estimate of drug-likeness (QED) is 0.116. The van der Waals surface area contributed by atoms with Gasteiger partial charge in [-0.15, -0.1) is 0 Å². The van der Waals surface area contributed by atoms with Gasteiger partial charge in [-0.05, 0) is 16.7 Å². The molecule has 14 heteroatoms. The number of carbonyl (C=O) groups excluding carboxylic acids is 5. The maximum Gasteiger partial charge on any atom is 0.408 e. The van der Waals surface area contributed by atoms with Crippen molar-refractivity contribution in [2.75, 3.05) is 21.3 Å². The summed E-state index contributed by atoms with van der Waals surface area (Å²) in [6.07, 6.45) is -1.18. The molecule has 0 radical (unpaired) electrons. The molecule has 50 heavy (non-hydrogen) atoms. The Hall–Kier alpha value is -6.18. The van der Waals surface area contributed by atoms with E-state index >= 15 is 0 Å². The molecule has 0 saturated carbocycles. The number of alkyl carbamates (subject to hydrolysis) is 1. The Kier molecular flexibility index (Phi) is 13.5. The minimum atomic E-state index is -1.31. The Morgan fingerprint density at radius 2 is 1.26 bits per heavy atom. The summed E-state index contributed by atoms with van der Waals surface area (Å²) in [6.45, 7) is -0.0358. The second kappa shape index (κ2) is 18.4. The molecule has 3 N–H and O–H groups in total. The summed E-state index contributed by atoms with van der Waals surface area (Å²) in [6, 6.07) is 23.4. The van der Waals surface area contributed by atoms with Gasteiger partial charge in [-0.1, -0.05) is 91.0 Å². The molecule has 0 fully saturated rings. The molecule has 3 amide bonds. The van der Waals surface area contributed by atoms with Crippen LogP contribution in [0.1, 0.15) is 45.5 Å². The van der Waals surface area contributed by atoms with Crippen LogP contribution in [0.3, 0.4) is 0 Å². The lowest BCUT2D eigenvalue weighted by molar-refractivity contribution is -0.145. The average Bonchev–Trinajstić information content (AvgIpc) is 3.58. The highest BCUT2D eigenvalue weighted by Crippen LogP contribution is 2.26. The van der Waals surface area contributed by atoms with Gasteiger partial charge in [-0.25, -0.2) is 19.4 Å². The van der Waals surface area contributed by atoms with Crippen molar-refractivity contribution in [3.63, 3.8) is 0 Å². The van der Waals surface area contributed by atoms with Crippen LogP contribution in [0.25, 0.3) is 0 Å². The number of esters is 2. The fourth-order valence-corrected chi connectivity index (χ4v) is 4.90. The van der Waals surface area contributed by atoms with Crippen molar-refractivity contribution in [1.29, 1.82) is 0 Å². The Bertz CT molecular complexity index is 1730. The van der Waals surface area contributed by atoms with Crippen molar-refractivity contribution < 1.29 is 47.3 Å². The summed E-state index contributed by atoms with van der Waals surface area (Å²) in [4.78, 5) is 69.5. The Morgan fingerprint density at radius 1 is 0.700 bits per heavy atom. The highest BCUT2D eigenvalue weighted by Gasteiger charge is 2.33. The lowest BCUT2D eigenvalue weighted by Crippen LogP contribution is -2.50. The molecule has 4 aromatic rings. The standard InChI is InChI=1S/C36H38N4O10/c1-46-33(43)28(20-24-15-9-5-10-16-24)37-29(41)21-27(32-40-30(34(44)47-2)35(48-3)50-32)38-31(42)26(19-23-13-7-4-8-14-23)39-36(45)49-22-25-17-11-6-12-18-25/h4-18,26-28H,19-22H2,1-3H3,(H,37,41)(H,38,42)(H,39,45)/t26-,27-,28-/m0/s1. The van der Waals surface area contributed by atoms with E-state index in [-0.39, 0.29) is 37.0 Å². The summed E-state index contributed by atoms with van der Waals surface area (Å²) >= 11 is 0. The van der Waals surface area contributed by atoms with Gasteiger partial charge in [0.2, 0.25) is 23.4 Å². The van der Waals surface area contributed by atoms with Crippen LogP contribution < -0.4 is 20.7 Å². The van der Waals surface area contributed by atoms with E-state index in [4.69, 9.17) is 23.4 Å². The number of rotatable bonds is 16. The molecular weight excluding hydrogens is 648 g/mol. The highest BCUT2D eigenvalue weighted by molar-refractivity contribution is 5.90. The molecule has 0 bridgehead atoms. The van der Waals surface area contributed by atoms with E-state index in [9.17, 15) is 24.0 Å². The van der Waals surface area contributed by atoms with Crippen molar-refractivity contribution in [2.24, 2.45) is 0 Å². The first-order valence-electron chi connectivity index (χ1n) is 15.6. The molecule has 3 atom stereocenters. The molecule has 4 rings (SSSR count). The zero-order valence-electron chi connectivity index (χ0n) is 27.8. The number of methoxy groups -OCH3 is 3. The molecular formula is C36H38N4O10. The summed E-state index contributed by atoms with van der Waals surface area (Å²) in [5, 5.41) is 7.95. The number of aromatic nitrogens is 1. The van der Waals surface area contributed by atoms with E-state index in [0.29, 0.717) is 0 Å². The van der Waals surface area contributed by atoms with Crippen LogP contribution in [0.15, 0.2) is 95.4 Å². The number of carbonyl (C=O) groups is 5. The number of nitrogens with zero attached hydrogens (tertiary/aromatic N) is 1. The zero-order chi connectivity index (χ0) is 35.9. The highest BCUT2D eigenvalue weighted by atomic mass is 16.6. The minimum Gasteiger partial charge on any atom is -0.467 e. The van der Waals surface area contributed by atoms with Gasteiger partial charge in [0.15, 0.2) is 0 Å². The van der Waals surface area contributed by atoms with Gasteiger partial charge in [-0.3, -0.25) is 9.59 Å². The second-order valence-electron chi connectivity index (χ2n) is 10.9. The second-order valence-corrected chi connectivity index (χ2v) is 10.9. The van der Waals surface area contributed by atoms with Crippen molar-refractivity contribution in [3.05, 3.63) is 119 Å². The molecule has 3 aromatic carbocycles. The third kappa shape index (κ3) is 10.7. The Labute approximate surface area is 288 Å². The molecule has 1 heterocycles. The molecule has 262 valence electrons. The van der Waals surface area contributed by atoms with Crippen LogP contribution in [-0.2, 0) is 48.0 Å². The van der Waals surface area contributed by atoms with Crippen LogP contribution in [0, 0.1) is 0 Å². The third-order valence-corrected chi connectivity index (χ3v) is 7.39. The fourth-order valence-electron chi connectivity index (χ4n) is 4.90. The normalized spacial score (nSPS) is 12.4. The molecule has 1 aromatic heterocycles. The van der Waals surface area contributed by atoms with Gasteiger partial charge in [0, 0.05) is 12.8 Å². The molecule has 0 spiro atoms. The van der Waals surface area contributed by atoms with Gasteiger partial charge >= 0.3 is 24.0 Å². The van der Waals surface area contributed by atoms with Gasteiger partial charge in [0.05, 0.1) is 27.8 Å². The van der Waals surface area contributed by atoms with Crippen molar-refractivity contribution in [2.45, 2.75) is 44.0 Å². The van der Waals surface area contributed by atoms with E-state index in [1.165, 1.54) is 14.2 Å². The first-order chi connectivity index (χ1) is 24.2. The summed E-state index contributed by atoms with van der Waals surface area (Å²) in [5.41, 5.74) is 1.90. The smallest absolute Gasteiger partial charge is 0.408 e. The lowest BCUT2D eigenvalue weighted by Gasteiger charge is -2.23. The zero-order valence-corrected chi connectivity index (χ0v) is 27.8. The first kappa shape index (κ1) is 36.7. The number of oxazole rings is 1. The number of hydrogen-bond donors (Lipinski definition) is 3. The van der Waals surface area contributed by atoms with E-state index in [1.54, 1.807) is 72.8 Å². The van der Waals surface area contributed by atoms with E-state index in [1.807, 2.05) is 18.2 Å². The SMILES string of the molecule is COC(=O)c1nc([C@H](CC(=O)N[C@@H](Cc2ccccc2)C(=O)OC)NC(=O)[C@H](Cc2ccccc2)NC(=O)OCc2ccccc2)oc1OC. The molecule has 14 nitrogen and oxygen atoms in total. The van der Waals surface area contributed by atoms with Crippen molar-refractivity contribution in [3.8, 4) is 5.95 Å². The van der Waals surface area contributed by atoms with E-state index < -0.39 is 54.4 Å². The van der Waals surface area contributed by atoms with Crippen LogP contribution in [0.4, 0.5) is 4.79 Å². The lowest BCUT2D eigenvalue weighted by atomic mass is 10.0. The summed E-state index contributed by atoms with van der Waals surface area (Å²) < 4.78 is 25.8. The Balaban J connectivity index is 1.59. The number of nitrogens with one attached hydrogen (secondary N) is 3. The average molecular weight is 687 g/mol. The van der Waals surface area contributed by atoms with Crippen molar-refractivity contribution in [1.82, 2.24) is 20.9 Å². The summed E-state index contributed by atoms with van der Waals surface area (Å²) in [5.74, 6) is -3.57. The number of hydrogen-bond acceptors (Lipinski definition) is 11. The summed E-state index contributed by atoms with van der Waals surface area (Å²) in [7, 11) is 3.58. The third-order valence-electron chi connectivity index (χ3n) is 7.39. The fraction of sp³-hybridized carbons (Fsp3) is 0.278. The van der Waals surface area contributed by atoms with E-state index in [0.717, 1.165) is 23.8 Å². The number of amides is 3. The van der Waals surface area contributed by atoms with Crippen LogP contribution in [0.2, 0.25) is 0 Å². The van der Waals surface area contributed by atoms with Crippen molar-refractivity contribution >= 4 is 29.8 Å². The topological polar surface area (TPSA) is 184 Å². The van der Waals surface area contributed by atoms with Crippen LogP contribution in [0.5, 0.6) is 5.95 Å². The maximum absolute atomic E-state index is 13.9. The number of benzene rings is 3. The largest absolute Gasteiger partial charge is 0.467 e. The van der Waals surface area contributed by atoms with Crippen LogP contribution in [-0.4, -0.2) is 68.2 Å². The predicted molar refractivity (Wildman–Crippen MR) is 178 cm³/mol. The maximum atomic E-state index is 13.9. The number of ether oxygens (including phenoxy) is 4. The molecule has 0 aliphatic heterocycles. The van der Waals surface area contributed by atoms with Gasteiger partial charge in [-0.2, -0.15) is 0 Å². The van der Waals surface area contributed by atoms with Gasteiger partial charge < -0.3 is 39.3 Å². The Morgan fingerprint density at radius 3 is 1.80 bits per heavy atom. The van der Waals surface area contributed by atoms with E-state index in [2.05, 4.69) is 20.9 Å². The van der Waals surface area contributed by atoms with Gasteiger partial charge in [0.25, 0.3) is 0 Å².